The zero-order chi connectivity index (χ0) is 19.2. The maximum atomic E-state index is 13.0. The Morgan fingerprint density at radius 1 is 1.15 bits per heavy atom. The van der Waals surface area contributed by atoms with E-state index in [1.165, 1.54) is 0 Å². The Labute approximate surface area is 155 Å². The molecule has 142 valence electrons. The third kappa shape index (κ3) is 2.66. The predicted molar refractivity (Wildman–Crippen MR) is 99.3 cm³/mol. The van der Waals surface area contributed by atoms with E-state index in [1.807, 2.05) is 19.9 Å². The van der Waals surface area contributed by atoms with Crippen LogP contribution in [0.25, 0.3) is 0 Å². The van der Waals surface area contributed by atoms with Crippen molar-refractivity contribution in [3.63, 3.8) is 0 Å². The lowest BCUT2D eigenvalue weighted by atomic mass is 9.80. The van der Waals surface area contributed by atoms with Gasteiger partial charge in [0.05, 0.1) is 6.54 Å². The van der Waals surface area contributed by atoms with E-state index < -0.39 is 5.54 Å². The van der Waals surface area contributed by atoms with Gasteiger partial charge in [0.1, 0.15) is 5.54 Å². The molecule has 2 aliphatic rings. The quantitative estimate of drug-likeness (QED) is 0.611. The Morgan fingerprint density at radius 2 is 1.77 bits per heavy atom. The molecule has 0 radical (unpaired) electrons. The van der Waals surface area contributed by atoms with Gasteiger partial charge in [-0.1, -0.05) is 19.3 Å². The van der Waals surface area contributed by atoms with Crippen LogP contribution in [-0.4, -0.2) is 51.2 Å². The zero-order valence-electron chi connectivity index (χ0n) is 16.5. The lowest BCUT2D eigenvalue weighted by molar-refractivity contribution is -0.134. The number of rotatable bonds is 4. The summed E-state index contributed by atoms with van der Waals surface area (Å²) in [6, 6.07) is 1.77. The number of imide groups is 1. The minimum atomic E-state index is -0.732. The van der Waals surface area contributed by atoms with Crippen molar-refractivity contribution >= 4 is 17.7 Å². The van der Waals surface area contributed by atoms with Crippen LogP contribution in [0.15, 0.2) is 6.07 Å². The summed E-state index contributed by atoms with van der Waals surface area (Å²) in [4.78, 5) is 41.4. The molecule has 0 unspecified atom stereocenters. The highest BCUT2D eigenvalue weighted by Crippen LogP contribution is 2.39. The molecule has 6 heteroatoms. The highest BCUT2D eigenvalue weighted by atomic mass is 16.2. The summed E-state index contributed by atoms with van der Waals surface area (Å²) >= 11 is 0. The molecule has 1 spiro atoms. The van der Waals surface area contributed by atoms with E-state index in [2.05, 4.69) is 18.4 Å². The van der Waals surface area contributed by atoms with Crippen LogP contribution in [0.1, 0.15) is 73.7 Å². The van der Waals surface area contributed by atoms with Gasteiger partial charge in [0.2, 0.25) is 0 Å². The van der Waals surface area contributed by atoms with E-state index in [-0.39, 0.29) is 30.3 Å². The molecule has 1 saturated carbocycles. The molecule has 3 rings (SSSR count). The third-order valence-corrected chi connectivity index (χ3v) is 6.09. The van der Waals surface area contributed by atoms with Gasteiger partial charge in [0.25, 0.3) is 5.91 Å². The van der Waals surface area contributed by atoms with Crippen molar-refractivity contribution < 1.29 is 14.4 Å². The smallest absolute Gasteiger partial charge is 0.327 e. The Morgan fingerprint density at radius 3 is 2.31 bits per heavy atom. The Kier molecular flexibility index (Phi) is 4.71. The predicted octanol–water partition coefficient (Wildman–Crippen LogP) is 3.47. The topological polar surface area (TPSA) is 62.6 Å². The van der Waals surface area contributed by atoms with Gasteiger partial charge in [-0.05, 0) is 46.6 Å². The van der Waals surface area contributed by atoms with Crippen LogP contribution in [0, 0.1) is 13.8 Å². The molecule has 3 amide bonds. The molecule has 0 aromatic carbocycles. The number of aromatic nitrogens is 1. The number of hydrogen-bond donors (Lipinski definition) is 0. The second kappa shape index (κ2) is 6.56. The summed E-state index contributed by atoms with van der Waals surface area (Å²) in [7, 11) is 1.70. The molecule has 0 bridgehead atoms. The number of ketones is 1. The van der Waals surface area contributed by atoms with Gasteiger partial charge in [-0.3, -0.25) is 14.5 Å². The van der Waals surface area contributed by atoms with Crippen LogP contribution in [-0.2, 0) is 4.79 Å². The Hall–Kier alpha value is -2.11. The van der Waals surface area contributed by atoms with E-state index in [4.69, 9.17) is 0 Å². The summed E-state index contributed by atoms with van der Waals surface area (Å²) in [6.07, 6.45) is 4.37. The minimum Gasteiger partial charge on any atom is -0.346 e. The monoisotopic (exact) mass is 359 g/mol. The zero-order valence-corrected chi connectivity index (χ0v) is 16.5. The fourth-order valence-corrected chi connectivity index (χ4v) is 4.75. The molecule has 0 N–H and O–H groups in total. The molecule has 26 heavy (non-hydrogen) atoms. The normalized spacial score (nSPS) is 19.9. The molecule has 1 aliphatic heterocycles. The molecule has 1 aromatic heterocycles. The molecular formula is C20H29N3O3. The van der Waals surface area contributed by atoms with Crippen molar-refractivity contribution in [3.8, 4) is 0 Å². The first-order valence-electron chi connectivity index (χ1n) is 9.52. The van der Waals surface area contributed by atoms with Crippen molar-refractivity contribution in [2.75, 3.05) is 13.6 Å². The van der Waals surface area contributed by atoms with Gasteiger partial charge in [0, 0.05) is 30.0 Å². The number of Topliss-reactive ketones (excluding diaryl/α,β-unsaturated/α-hetero) is 1. The average molecular weight is 359 g/mol. The number of aryl methyl sites for hydroxylation is 1. The first kappa shape index (κ1) is 18.7. The molecular weight excluding hydrogens is 330 g/mol. The lowest BCUT2D eigenvalue weighted by Gasteiger charge is -2.35. The Balaban J connectivity index is 1.85. The van der Waals surface area contributed by atoms with Crippen LogP contribution in [0.4, 0.5) is 4.79 Å². The summed E-state index contributed by atoms with van der Waals surface area (Å²) in [5.74, 6) is -0.372. The fourth-order valence-electron chi connectivity index (χ4n) is 4.75. The number of amides is 3. The van der Waals surface area contributed by atoms with Crippen molar-refractivity contribution in [1.82, 2.24) is 14.4 Å². The first-order valence-corrected chi connectivity index (χ1v) is 9.52. The highest BCUT2D eigenvalue weighted by molar-refractivity contribution is 6.11. The standard InChI is InChI=1S/C20H29N3O3/c1-13(2)23-14(3)11-16(15(23)4)17(24)12-22-18(25)20(21(5)19(22)26)9-7-6-8-10-20/h11,13H,6-10,12H2,1-5H3. The molecule has 1 saturated heterocycles. The van der Waals surface area contributed by atoms with Crippen LogP contribution < -0.4 is 0 Å². The van der Waals surface area contributed by atoms with E-state index >= 15 is 0 Å². The average Bonchev–Trinajstić information content (AvgIpc) is 2.99. The first-order chi connectivity index (χ1) is 12.2. The van der Waals surface area contributed by atoms with Crippen molar-refractivity contribution in [1.29, 1.82) is 0 Å². The Bertz CT molecular complexity index is 757. The number of nitrogens with zero attached hydrogens (tertiary/aromatic N) is 3. The number of carbonyl (C=O) groups is 3. The second-order valence-electron chi connectivity index (χ2n) is 8.00. The van der Waals surface area contributed by atoms with E-state index in [0.29, 0.717) is 18.4 Å². The SMILES string of the molecule is Cc1cc(C(=O)CN2C(=O)N(C)C3(CCCCC3)C2=O)c(C)n1C(C)C. The highest BCUT2D eigenvalue weighted by Gasteiger charge is 2.55. The van der Waals surface area contributed by atoms with Crippen LogP contribution >= 0.6 is 0 Å². The largest absolute Gasteiger partial charge is 0.346 e. The van der Waals surface area contributed by atoms with E-state index in [9.17, 15) is 14.4 Å². The second-order valence-corrected chi connectivity index (χ2v) is 8.00. The van der Waals surface area contributed by atoms with Gasteiger partial charge in [-0.2, -0.15) is 0 Å². The fraction of sp³-hybridized carbons (Fsp3) is 0.650. The van der Waals surface area contributed by atoms with Crippen LogP contribution in [0.2, 0.25) is 0 Å². The van der Waals surface area contributed by atoms with Crippen LogP contribution in [0.5, 0.6) is 0 Å². The van der Waals surface area contributed by atoms with Gasteiger partial charge >= 0.3 is 6.03 Å². The maximum absolute atomic E-state index is 13.0. The van der Waals surface area contributed by atoms with Crippen molar-refractivity contribution in [2.24, 2.45) is 0 Å². The van der Waals surface area contributed by atoms with Crippen molar-refractivity contribution in [3.05, 3.63) is 23.0 Å². The molecule has 6 nitrogen and oxygen atoms in total. The van der Waals surface area contributed by atoms with Gasteiger partial charge in [-0.25, -0.2) is 4.79 Å². The summed E-state index contributed by atoms with van der Waals surface area (Å²) in [5.41, 5.74) is 1.77. The molecule has 1 aromatic rings. The number of hydrogen-bond acceptors (Lipinski definition) is 3. The van der Waals surface area contributed by atoms with Gasteiger partial charge in [0.15, 0.2) is 5.78 Å². The summed E-state index contributed by atoms with van der Waals surface area (Å²) in [5, 5.41) is 0. The van der Waals surface area contributed by atoms with Crippen LogP contribution in [0.3, 0.4) is 0 Å². The molecule has 2 fully saturated rings. The molecule has 2 heterocycles. The minimum absolute atomic E-state index is 0.173. The van der Waals surface area contributed by atoms with E-state index in [0.717, 1.165) is 35.6 Å². The lowest BCUT2D eigenvalue weighted by Crippen LogP contribution is -2.49. The van der Waals surface area contributed by atoms with E-state index in [1.54, 1.807) is 11.9 Å². The number of likely N-dealkylation sites (N-methyl/N-ethyl adjacent to an activating group) is 1. The number of urea groups is 1. The number of carbonyl (C=O) groups excluding carboxylic acids is 3. The molecule has 1 aliphatic carbocycles. The summed E-state index contributed by atoms with van der Waals surface area (Å²) in [6.45, 7) is 7.86. The van der Waals surface area contributed by atoms with Gasteiger partial charge < -0.3 is 9.47 Å². The molecule has 0 atom stereocenters. The van der Waals surface area contributed by atoms with Crippen molar-refractivity contribution in [2.45, 2.75) is 71.4 Å². The summed E-state index contributed by atoms with van der Waals surface area (Å²) < 4.78 is 2.11. The van der Waals surface area contributed by atoms with Gasteiger partial charge in [-0.15, -0.1) is 0 Å². The maximum Gasteiger partial charge on any atom is 0.327 e. The third-order valence-electron chi connectivity index (χ3n) is 6.09.